The van der Waals surface area contributed by atoms with Gasteiger partial charge in [-0.1, -0.05) is 35.9 Å². The highest BCUT2D eigenvalue weighted by molar-refractivity contribution is 14.1. The van der Waals surface area contributed by atoms with Gasteiger partial charge >= 0.3 is 5.97 Å². The Balaban J connectivity index is 2.09. The molecule has 0 aromatic heterocycles. The Hall–Kier alpha value is -1.07. The molecule has 2 rings (SSSR count). The Labute approximate surface area is 136 Å². The predicted molar refractivity (Wildman–Crippen MR) is 89.1 cm³/mol. The van der Waals surface area contributed by atoms with E-state index in [0.29, 0.717) is 17.9 Å². The average Bonchev–Trinajstić information content (AvgIpc) is 2.42. The van der Waals surface area contributed by atoms with Gasteiger partial charge in [0.2, 0.25) is 0 Å². The van der Waals surface area contributed by atoms with E-state index in [1.165, 1.54) is 0 Å². The number of rotatable bonds is 5. The van der Waals surface area contributed by atoms with E-state index in [0.717, 1.165) is 14.7 Å². The summed E-state index contributed by atoms with van der Waals surface area (Å²) in [6.07, 6.45) is 1.05. The molecule has 0 heterocycles. The molecule has 0 fully saturated rings. The minimum Gasteiger partial charge on any atom is -0.481 e. The second-order valence-corrected chi connectivity index (χ2v) is 6.38. The molecule has 1 N–H and O–H groups in total. The van der Waals surface area contributed by atoms with Gasteiger partial charge in [-0.05, 0) is 70.8 Å². The van der Waals surface area contributed by atoms with E-state index in [-0.39, 0.29) is 0 Å². The van der Waals surface area contributed by atoms with Crippen molar-refractivity contribution in [2.24, 2.45) is 5.92 Å². The molecule has 2 aromatic carbocycles. The van der Waals surface area contributed by atoms with Crippen molar-refractivity contribution in [1.82, 2.24) is 0 Å². The number of carboxylic acids is 1. The van der Waals surface area contributed by atoms with Gasteiger partial charge in [0.15, 0.2) is 0 Å². The van der Waals surface area contributed by atoms with E-state index in [9.17, 15) is 9.90 Å². The molecular formula is C16H14ClIO2. The largest absolute Gasteiger partial charge is 0.481 e. The Morgan fingerprint density at radius 3 is 1.90 bits per heavy atom. The van der Waals surface area contributed by atoms with Gasteiger partial charge in [-0.25, -0.2) is 0 Å². The number of halogens is 2. The number of hydrogen-bond donors (Lipinski definition) is 1. The Bertz CT molecular complexity index is 531. The van der Waals surface area contributed by atoms with Crippen LogP contribution < -0.4 is 0 Å². The van der Waals surface area contributed by atoms with E-state index in [4.69, 9.17) is 11.6 Å². The van der Waals surface area contributed by atoms with Crippen LogP contribution >= 0.6 is 34.2 Å². The van der Waals surface area contributed by atoms with Gasteiger partial charge < -0.3 is 5.11 Å². The van der Waals surface area contributed by atoms with Crippen LogP contribution in [0, 0.1) is 9.49 Å². The minimum absolute atomic E-state index is 0.420. The monoisotopic (exact) mass is 400 g/mol. The van der Waals surface area contributed by atoms with Crippen LogP contribution in [0.15, 0.2) is 48.5 Å². The molecule has 104 valence electrons. The van der Waals surface area contributed by atoms with Crippen molar-refractivity contribution in [3.63, 3.8) is 0 Å². The first-order valence-electron chi connectivity index (χ1n) is 6.26. The third kappa shape index (κ3) is 4.49. The molecule has 0 saturated carbocycles. The molecule has 1 atom stereocenters. The van der Waals surface area contributed by atoms with Crippen LogP contribution in [0.5, 0.6) is 0 Å². The van der Waals surface area contributed by atoms with Crippen LogP contribution in [0.1, 0.15) is 11.1 Å². The lowest BCUT2D eigenvalue weighted by Crippen LogP contribution is -2.19. The fraction of sp³-hybridized carbons (Fsp3) is 0.188. The van der Waals surface area contributed by atoms with Crippen LogP contribution in [0.25, 0.3) is 0 Å². The van der Waals surface area contributed by atoms with Gasteiger partial charge in [0.25, 0.3) is 0 Å². The van der Waals surface area contributed by atoms with E-state index in [1.54, 1.807) is 12.1 Å². The zero-order valence-corrected chi connectivity index (χ0v) is 13.6. The van der Waals surface area contributed by atoms with Crippen molar-refractivity contribution < 1.29 is 9.90 Å². The summed E-state index contributed by atoms with van der Waals surface area (Å²) in [5.74, 6) is -1.19. The van der Waals surface area contributed by atoms with Gasteiger partial charge in [-0.2, -0.15) is 0 Å². The maximum Gasteiger partial charge on any atom is 0.307 e. The molecule has 0 aliphatic rings. The summed E-state index contributed by atoms with van der Waals surface area (Å²) in [5, 5.41) is 10.0. The fourth-order valence-electron chi connectivity index (χ4n) is 2.06. The number of benzene rings is 2. The normalized spacial score (nSPS) is 12.1. The van der Waals surface area contributed by atoms with E-state index < -0.39 is 11.9 Å². The molecule has 2 nitrogen and oxygen atoms in total. The number of hydrogen-bond acceptors (Lipinski definition) is 1. The summed E-state index contributed by atoms with van der Waals surface area (Å²) in [5.41, 5.74) is 2.04. The quantitative estimate of drug-likeness (QED) is 0.754. The van der Waals surface area contributed by atoms with Crippen LogP contribution in [-0.4, -0.2) is 11.1 Å². The van der Waals surface area contributed by atoms with E-state index >= 15 is 0 Å². The molecular weight excluding hydrogens is 387 g/mol. The zero-order valence-electron chi connectivity index (χ0n) is 10.7. The fourth-order valence-corrected chi connectivity index (χ4v) is 2.54. The smallest absolute Gasteiger partial charge is 0.307 e. The highest BCUT2D eigenvalue weighted by Crippen LogP contribution is 2.18. The Morgan fingerprint density at radius 1 is 1.00 bits per heavy atom. The second-order valence-electron chi connectivity index (χ2n) is 4.70. The highest BCUT2D eigenvalue weighted by Gasteiger charge is 2.18. The molecule has 4 heteroatoms. The molecule has 0 spiro atoms. The van der Waals surface area contributed by atoms with Crippen LogP contribution in [-0.2, 0) is 17.6 Å². The average molecular weight is 401 g/mol. The zero-order chi connectivity index (χ0) is 14.5. The van der Waals surface area contributed by atoms with Crippen LogP contribution in [0.2, 0.25) is 5.02 Å². The van der Waals surface area contributed by atoms with Crippen molar-refractivity contribution in [1.29, 1.82) is 0 Å². The maximum atomic E-state index is 11.4. The van der Waals surface area contributed by atoms with Crippen molar-refractivity contribution in [2.45, 2.75) is 12.8 Å². The number of aliphatic carboxylic acids is 1. The van der Waals surface area contributed by atoms with Gasteiger partial charge in [-0.3, -0.25) is 4.79 Å². The molecule has 0 aliphatic carbocycles. The first-order chi connectivity index (χ1) is 9.54. The first kappa shape index (κ1) is 15.3. The Morgan fingerprint density at radius 2 is 1.45 bits per heavy atom. The summed E-state index contributed by atoms with van der Waals surface area (Å²) in [6.45, 7) is 0. The van der Waals surface area contributed by atoms with E-state index in [2.05, 4.69) is 22.6 Å². The van der Waals surface area contributed by atoms with Gasteiger partial charge in [0, 0.05) is 8.59 Å². The molecule has 0 amide bonds. The molecule has 0 bridgehead atoms. The first-order valence-corrected chi connectivity index (χ1v) is 7.72. The molecule has 1 unspecified atom stereocenters. The van der Waals surface area contributed by atoms with Crippen LogP contribution in [0.4, 0.5) is 0 Å². The summed E-state index contributed by atoms with van der Waals surface area (Å²) in [4.78, 5) is 11.4. The summed E-state index contributed by atoms with van der Waals surface area (Å²) in [6, 6.07) is 15.3. The second kappa shape index (κ2) is 7.09. The van der Waals surface area contributed by atoms with Crippen molar-refractivity contribution in [3.05, 3.63) is 68.3 Å². The van der Waals surface area contributed by atoms with Crippen molar-refractivity contribution in [2.75, 3.05) is 0 Å². The maximum absolute atomic E-state index is 11.4. The molecule has 0 saturated heterocycles. The minimum atomic E-state index is -0.765. The molecule has 0 aliphatic heterocycles. The lowest BCUT2D eigenvalue weighted by Gasteiger charge is -2.12. The van der Waals surface area contributed by atoms with E-state index in [1.807, 2.05) is 36.4 Å². The summed E-state index contributed by atoms with van der Waals surface area (Å²) >= 11 is 8.07. The third-order valence-electron chi connectivity index (χ3n) is 3.14. The molecule has 2 aromatic rings. The van der Waals surface area contributed by atoms with Crippen molar-refractivity contribution >= 4 is 40.2 Å². The lowest BCUT2D eigenvalue weighted by molar-refractivity contribution is -0.141. The number of carbonyl (C=O) groups is 1. The third-order valence-corrected chi connectivity index (χ3v) is 4.11. The van der Waals surface area contributed by atoms with Gasteiger partial charge in [0.1, 0.15) is 0 Å². The predicted octanol–water partition coefficient (Wildman–Crippen LogP) is 4.43. The topological polar surface area (TPSA) is 37.3 Å². The summed E-state index contributed by atoms with van der Waals surface area (Å²) < 4.78 is 1.15. The van der Waals surface area contributed by atoms with Gasteiger partial charge in [0.05, 0.1) is 5.92 Å². The SMILES string of the molecule is O=C(O)C(Cc1ccc(Cl)cc1)Cc1ccc(I)cc1. The van der Waals surface area contributed by atoms with Crippen LogP contribution in [0.3, 0.4) is 0 Å². The molecule has 20 heavy (non-hydrogen) atoms. The Kier molecular flexibility index (Phi) is 5.43. The standard InChI is InChI=1S/C16H14ClIO2/c17-14-5-1-11(2-6-14)9-13(16(19)20)10-12-3-7-15(18)8-4-12/h1-8,13H,9-10H2,(H,19,20). The van der Waals surface area contributed by atoms with Gasteiger partial charge in [-0.15, -0.1) is 0 Å². The lowest BCUT2D eigenvalue weighted by atomic mass is 9.93. The highest BCUT2D eigenvalue weighted by atomic mass is 127. The summed E-state index contributed by atoms with van der Waals surface area (Å²) in [7, 11) is 0. The number of carboxylic acid groups (broad SMARTS) is 1. The molecule has 0 radical (unpaired) electrons. The van der Waals surface area contributed by atoms with Crippen molar-refractivity contribution in [3.8, 4) is 0 Å².